The Hall–Kier alpha value is -2.92. The van der Waals surface area contributed by atoms with Crippen molar-refractivity contribution in [3.05, 3.63) is 70.9 Å². The Balaban J connectivity index is 1.49. The average Bonchev–Trinajstić information content (AvgIpc) is 3.31. The summed E-state index contributed by atoms with van der Waals surface area (Å²) in [5.74, 6) is 1.88. The lowest BCUT2D eigenvalue weighted by atomic mass is 10.1. The molecule has 6 heteroatoms. The number of carbonyl (C=O) groups is 1. The molecule has 1 aliphatic heterocycles. The Morgan fingerprint density at radius 3 is 2.73 bits per heavy atom. The molecule has 132 valence electrons. The molecule has 3 aromatic rings. The number of fused-ring (bicyclic) bond motifs is 1. The quantitative estimate of drug-likeness (QED) is 0.716. The molecule has 1 amide bonds. The number of hydrogen-bond donors (Lipinski definition) is 1. The van der Waals surface area contributed by atoms with Crippen molar-refractivity contribution in [2.75, 3.05) is 6.79 Å². The van der Waals surface area contributed by atoms with Gasteiger partial charge in [-0.2, -0.15) is 0 Å². The zero-order valence-electron chi connectivity index (χ0n) is 14.0. The third kappa shape index (κ3) is 3.13. The molecule has 26 heavy (non-hydrogen) atoms. The molecule has 4 rings (SSSR count). The summed E-state index contributed by atoms with van der Waals surface area (Å²) in [6.07, 6.45) is 0. The van der Waals surface area contributed by atoms with Crippen molar-refractivity contribution in [1.82, 2.24) is 5.32 Å². The minimum Gasteiger partial charge on any atom is -0.454 e. The molecule has 0 radical (unpaired) electrons. The number of furan rings is 1. The average molecular weight is 370 g/mol. The van der Waals surface area contributed by atoms with Crippen LogP contribution in [0.5, 0.6) is 11.5 Å². The Bertz CT molecular complexity index is 966. The van der Waals surface area contributed by atoms with Crippen LogP contribution in [-0.2, 0) is 0 Å². The van der Waals surface area contributed by atoms with Crippen LogP contribution in [0.4, 0.5) is 0 Å². The zero-order chi connectivity index (χ0) is 18.1. The molecular weight excluding hydrogens is 354 g/mol. The second-order valence-electron chi connectivity index (χ2n) is 5.95. The molecule has 0 saturated heterocycles. The Morgan fingerprint density at radius 1 is 1.08 bits per heavy atom. The van der Waals surface area contributed by atoms with Crippen LogP contribution < -0.4 is 14.8 Å². The number of ether oxygens (including phenoxy) is 2. The summed E-state index contributed by atoms with van der Waals surface area (Å²) in [6, 6.07) is 16.1. The molecule has 1 atom stereocenters. The standard InChI is InChI=1S/C20H16ClNO4/c1-12(13-6-7-17-19(10-13)25-11-24-17)22-20(23)18-9-8-16(26-18)14-4-2-3-5-15(14)21/h2-10,12H,11H2,1H3,(H,22,23). The van der Waals surface area contributed by atoms with Crippen molar-refractivity contribution >= 4 is 17.5 Å². The maximum atomic E-state index is 12.5. The molecule has 2 heterocycles. The molecule has 0 saturated carbocycles. The van der Waals surface area contributed by atoms with E-state index in [0.717, 1.165) is 11.1 Å². The van der Waals surface area contributed by atoms with Gasteiger partial charge in [0.25, 0.3) is 5.91 Å². The van der Waals surface area contributed by atoms with Crippen molar-refractivity contribution < 1.29 is 18.7 Å². The summed E-state index contributed by atoms with van der Waals surface area (Å²) in [5.41, 5.74) is 1.66. The van der Waals surface area contributed by atoms with Gasteiger partial charge in [0.1, 0.15) is 5.76 Å². The van der Waals surface area contributed by atoms with Crippen molar-refractivity contribution in [1.29, 1.82) is 0 Å². The predicted octanol–water partition coefficient (Wildman–Crippen LogP) is 4.82. The van der Waals surface area contributed by atoms with E-state index in [4.69, 9.17) is 25.5 Å². The first-order valence-electron chi connectivity index (χ1n) is 8.17. The second-order valence-corrected chi connectivity index (χ2v) is 6.36. The molecule has 2 aromatic carbocycles. The number of hydrogen-bond acceptors (Lipinski definition) is 4. The van der Waals surface area contributed by atoms with Gasteiger partial charge in [0.2, 0.25) is 6.79 Å². The van der Waals surface area contributed by atoms with Crippen LogP contribution in [0.15, 0.2) is 59.0 Å². The molecule has 0 bridgehead atoms. The fourth-order valence-electron chi connectivity index (χ4n) is 2.80. The summed E-state index contributed by atoms with van der Waals surface area (Å²) in [6.45, 7) is 2.12. The Morgan fingerprint density at radius 2 is 1.88 bits per heavy atom. The maximum absolute atomic E-state index is 12.5. The van der Waals surface area contributed by atoms with Crippen molar-refractivity contribution in [2.45, 2.75) is 13.0 Å². The first-order valence-corrected chi connectivity index (χ1v) is 8.55. The number of halogens is 1. The van der Waals surface area contributed by atoms with Gasteiger partial charge in [-0.3, -0.25) is 4.79 Å². The maximum Gasteiger partial charge on any atom is 0.287 e. The molecule has 0 spiro atoms. The van der Waals surface area contributed by atoms with E-state index in [2.05, 4.69) is 5.32 Å². The third-order valence-corrected chi connectivity index (χ3v) is 4.54. The van der Waals surface area contributed by atoms with E-state index in [0.29, 0.717) is 22.3 Å². The third-order valence-electron chi connectivity index (χ3n) is 4.21. The van der Waals surface area contributed by atoms with Gasteiger partial charge < -0.3 is 19.2 Å². The topological polar surface area (TPSA) is 60.7 Å². The van der Waals surface area contributed by atoms with Crippen molar-refractivity contribution in [3.8, 4) is 22.8 Å². The van der Waals surface area contributed by atoms with Gasteiger partial charge in [-0.05, 0) is 48.9 Å². The fraction of sp³-hybridized carbons (Fsp3) is 0.150. The highest BCUT2D eigenvalue weighted by Gasteiger charge is 2.19. The van der Waals surface area contributed by atoms with Gasteiger partial charge in [-0.1, -0.05) is 29.8 Å². The van der Waals surface area contributed by atoms with Crippen molar-refractivity contribution in [2.24, 2.45) is 0 Å². The van der Waals surface area contributed by atoms with Gasteiger partial charge >= 0.3 is 0 Å². The number of rotatable bonds is 4. The number of benzene rings is 2. The van der Waals surface area contributed by atoms with Gasteiger partial charge in [0.05, 0.1) is 11.1 Å². The van der Waals surface area contributed by atoms with Gasteiger partial charge in [-0.15, -0.1) is 0 Å². The van der Waals surface area contributed by atoms with Crippen LogP contribution in [0, 0.1) is 0 Å². The lowest BCUT2D eigenvalue weighted by Gasteiger charge is -2.14. The minimum absolute atomic E-state index is 0.217. The van der Waals surface area contributed by atoms with E-state index in [-0.39, 0.29) is 24.5 Å². The highest BCUT2D eigenvalue weighted by molar-refractivity contribution is 6.33. The SMILES string of the molecule is CC(NC(=O)c1ccc(-c2ccccc2Cl)o1)c1ccc2c(c1)OCO2. The number of carbonyl (C=O) groups excluding carboxylic acids is 1. The minimum atomic E-state index is -0.298. The van der Waals surface area contributed by atoms with Crippen LogP contribution in [0.3, 0.4) is 0 Å². The van der Waals surface area contributed by atoms with Gasteiger partial charge in [-0.25, -0.2) is 0 Å². The predicted molar refractivity (Wildman–Crippen MR) is 97.6 cm³/mol. The van der Waals surface area contributed by atoms with Crippen LogP contribution in [-0.4, -0.2) is 12.7 Å². The molecular formula is C20H16ClNO4. The summed E-state index contributed by atoms with van der Waals surface area (Å²) in [4.78, 5) is 12.5. The van der Waals surface area contributed by atoms with E-state index in [1.165, 1.54) is 0 Å². The van der Waals surface area contributed by atoms with Crippen LogP contribution in [0.25, 0.3) is 11.3 Å². The van der Waals surface area contributed by atoms with E-state index in [1.807, 2.05) is 43.3 Å². The van der Waals surface area contributed by atoms with Crippen LogP contribution in [0.1, 0.15) is 29.1 Å². The molecule has 1 unspecified atom stereocenters. The zero-order valence-corrected chi connectivity index (χ0v) is 14.7. The van der Waals surface area contributed by atoms with E-state index in [9.17, 15) is 4.79 Å². The molecule has 0 aliphatic carbocycles. The van der Waals surface area contributed by atoms with Gasteiger partial charge in [0.15, 0.2) is 17.3 Å². The van der Waals surface area contributed by atoms with E-state index in [1.54, 1.807) is 18.2 Å². The Kier molecular flexibility index (Phi) is 4.31. The molecule has 5 nitrogen and oxygen atoms in total. The molecule has 1 aromatic heterocycles. The van der Waals surface area contributed by atoms with Crippen molar-refractivity contribution in [3.63, 3.8) is 0 Å². The Labute approximate surface area is 155 Å². The van der Waals surface area contributed by atoms with E-state index < -0.39 is 0 Å². The largest absolute Gasteiger partial charge is 0.454 e. The first kappa shape index (κ1) is 16.5. The van der Waals surface area contributed by atoms with Crippen LogP contribution >= 0.6 is 11.6 Å². The van der Waals surface area contributed by atoms with Gasteiger partial charge in [0, 0.05) is 5.56 Å². The molecule has 1 aliphatic rings. The monoisotopic (exact) mass is 369 g/mol. The first-order chi connectivity index (χ1) is 12.6. The fourth-order valence-corrected chi connectivity index (χ4v) is 3.03. The summed E-state index contributed by atoms with van der Waals surface area (Å²) in [5, 5.41) is 3.49. The summed E-state index contributed by atoms with van der Waals surface area (Å²) < 4.78 is 16.4. The smallest absolute Gasteiger partial charge is 0.287 e. The lowest BCUT2D eigenvalue weighted by Crippen LogP contribution is -2.26. The highest BCUT2D eigenvalue weighted by Crippen LogP contribution is 2.34. The summed E-state index contributed by atoms with van der Waals surface area (Å²) >= 11 is 6.18. The lowest BCUT2D eigenvalue weighted by molar-refractivity contribution is 0.0912. The number of amides is 1. The number of nitrogens with one attached hydrogen (secondary N) is 1. The van der Waals surface area contributed by atoms with Crippen LogP contribution in [0.2, 0.25) is 5.02 Å². The summed E-state index contributed by atoms with van der Waals surface area (Å²) in [7, 11) is 0. The normalized spacial score (nSPS) is 13.5. The van der Waals surface area contributed by atoms with E-state index >= 15 is 0 Å². The molecule has 1 N–H and O–H groups in total. The second kappa shape index (κ2) is 6.77. The highest BCUT2D eigenvalue weighted by atomic mass is 35.5. The molecule has 0 fully saturated rings.